The molecule has 7 nitrogen and oxygen atoms in total. The van der Waals surface area contributed by atoms with Crippen molar-refractivity contribution in [1.29, 1.82) is 0 Å². The molecule has 0 unspecified atom stereocenters. The number of anilines is 1. The van der Waals surface area contributed by atoms with Crippen LogP contribution in [-0.4, -0.2) is 29.0 Å². The Bertz CT molecular complexity index is 1250. The number of aromatic nitrogens is 3. The average Bonchev–Trinajstić information content (AvgIpc) is 2.97. The van der Waals surface area contributed by atoms with Crippen LogP contribution in [0, 0.1) is 11.6 Å². The number of rotatable bonds is 5. The lowest BCUT2D eigenvalue weighted by Crippen LogP contribution is -2.15. The molecule has 0 saturated carbocycles. The number of Topliss-reactive ketones (excluding diaryl/α,β-unsaturated/α-hetero) is 1. The van der Waals surface area contributed by atoms with E-state index in [0.717, 1.165) is 31.2 Å². The van der Waals surface area contributed by atoms with E-state index in [9.17, 15) is 22.0 Å². The average molecular weight is 446 g/mol. The molecule has 1 aromatic heterocycles. The number of carbonyl (C=O) groups is 1. The molecule has 162 valence electrons. The van der Waals surface area contributed by atoms with Crippen molar-refractivity contribution < 1.29 is 22.0 Å². The first-order valence-electron chi connectivity index (χ1n) is 9.81. The Balaban J connectivity index is 1.70. The lowest BCUT2D eigenvalue weighted by molar-refractivity contribution is 0.101. The molecule has 4 rings (SSSR count). The molecule has 10 heteroatoms. The lowest BCUT2D eigenvalue weighted by Gasteiger charge is -2.13. The Hall–Kier alpha value is -3.14. The quantitative estimate of drug-likeness (QED) is 0.599. The molecule has 0 atom stereocenters. The minimum Gasteiger partial charge on any atom is -0.311 e. The predicted octanol–water partition coefficient (Wildman–Crippen LogP) is 3.95. The van der Waals surface area contributed by atoms with Gasteiger partial charge in [-0.2, -0.15) is 0 Å². The van der Waals surface area contributed by atoms with E-state index in [4.69, 9.17) is 0 Å². The van der Waals surface area contributed by atoms with Crippen LogP contribution in [0.15, 0.2) is 41.3 Å². The maximum absolute atomic E-state index is 14.6. The highest BCUT2D eigenvalue weighted by atomic mass is 32.2. The lowest BCUT2D eigenvalue weighted by atomic mass is 10.1. The zero-order valence-corrected chi connectivity index (χ0v) is 17.5. The smallest absolute Gasteiger partial charge is 0.261 e. The fourth-order valence-electron chi connectivity index (χ4n) is 3.56. The number of aryl methyl sites for hydroxylation is 1. The van der Waals surface area contributed by atoms with E-state index < -0.39 is 27.3 Å². The van der Waals surface area contributed by atoms with Crippen LogP contribution in [0.2, 0.25) is 0 Å². The number of nitrogens with zero attached hydrogens (tertiary/aromatic N) is 3. The largest absolute Gasteiger partial charge is 0.311 e. The van der Waals surface area contributed by atoms with Crippen LogP contribution in [0.5, 0.6) is 0 Å². The van der Waals surface area contributed by atoms with Crippen molar-refractivity contribution in [3.8, 4) is 11.4 Å². The Morgan fingerprint density at radius 1 is 1.03 bits per heavy atom. The molecule has 3 aromatic rings. The van der Waals surface area contributed by atoms with Gasteiger partial charge < -0.3 is 4.57 Å². The summed E-state index contributed by atoms with van der Waals surface area (Å²) < 4.78 is 58.4. The molecular weight excluding hydrogens is 426 g/mol. The Labute approximate surface area is 178 Å². The van der Waals surface area contributed by atoms with Gasteiger partial charge in [-0.3, -0.25) is 9.52 Å². The van der Waals surface area contributed by atoms with Gasteiger partial charge in [-0.15, -0.1) is 10.2 Å². The summed E-state index contributed by atoms with van der Waals surface area (Å²) >= 11 is 0. The third-order valence-corrected chi connectivity index (χ3v) is 6.60. The first kappa shape index (κ1) is 21.1. The normalized spacial score (nSPS) is 14.0. The summed E-state index contributed by atoms with van der Waals surface area (Å²) in [6.45, 7) is 1.97. The number of hydrogen-bond acceptors (Lipinski definition) is 5. The van der Waals surface area contributed by atoms with Gasteiger partial charge in [-0.1, -0.05) is 18.6 Å². The molecule has 1 N–H and O–H groups in total. The SMILES string of the molecule is CC(=O)c1ccc(S(=O)(=O)Nc2cc(-c3nnc4n3CCCCC4)c(F)cc2F)cc1. The minimum absolute atomic E-state index is 0.0355. The second kappa shape index (κ2) is 8.18. The van der Waals surface area contributed by atoms with Gasteiger partial charge >= 0.3 is 0 Å². The van der Waals surface area contributed by atoms with Crippen molar-refractivity contribution in [2.24, 2.45) is 0 Å². The topological polar surface area (TPSA) is 93.9 Å². The number of ketones is 1. The van der Waals surface area contributed by atoms with Gasteiger partial charge in [0.25, 0.3) is 10.0 Å². The minimum atomic E-state index is -4.17. The first-order chi connectivity index (χ1) is 14.8. The van der Waals surface area contributed by atoms with Gasteiger partial charge in [0, 0.05) is 24.6 Å². The Morgan fingerprint density at radius 2 is 1.77 bits per heavy atom. The Kier molecular flexibility index (Phi) is 5.57. The second-order valence-corrected chi connectivity index (χ2v) is 9.08. The summed E-state index contributed by atoms with van der Waals surface area (Å²) in [4.78, 5) is 11.2. The summed E-state index contributed by atoms with van der Waals surface area (Å²) in [6, 6.07) is 6.96. The highest BCUT2D eigenvalue weighted by Crippen LogP contribution is 2.30. The molecule has 1 aliphatic heterocycles. The van der Waals surface area contributed by atoms with Crippen molar-refractivity contribution in [3.05, 3.63) is 59.4 Å². The molecule has 0 amide bonds. The summed E-state index contributed by atoms with van der Waals surface area (Å²) in [5, 5.41) is 8.18. The number of fused-ring (bicyclic) bond motifs is 1. The van der Waals surface area contributed by atoms with E-state index in [1.165, 1.54) is 31.2 Å². The summed E-state index contributed by atoms with van der Waals surface area (Å²) in [5.74, 6) is -1.16. The molecule has 0 saturated heterocycles. The van der Waals surface area contributed by atoms with E-state index in [2.05, 4.69) is 14.9 Å². The summed E-state index contributed by atoms with van der Waals surface area (Å²) in [5.41, 5.74) is -0.0913. The fraction of sp³-hybridized carbons (Fsp3) is 0.286. The van der Waals surface area contributed by atoms with Crippen LogP contribution in [0.3, 0.4) is 0 Å². The van der Waals surface area contributed by atoms with Crippen LogP contribution >= 0.6 is 0 Å². The molecule has 0 aliphatic carbocycles. The molecule has 2 aromatic carbocycles. The van der Waals surface area contributed by atoms with Gasteiger partial charge in [0.15, 0.2) is 11.6 Å². The van der Waals surface area contributed by atoms with Gasteiger partial charge in [-0.05, 0) is 38.0 Å². The molecule has 31 heavy (non-hydrogen) atoms. The van der Waals surface area contributed by atoms with Crippen LogP contribution in [0.1, 0.15) is 42.4 Å². The van der Waals surface area contributed by atoms with E-state index in [0.29, 0.717) is 24.6 Å². The molecule has 0 radical (unpaired) electrons. The van der Waals surface area contributed by atoms with Gasteiger partial charge in [0.05, 0.1) is 16.1 Å². The van der Waals surface area contributed by atoms with Gasteiger partial charge in [-0.25, -0.2) is 17.2 Å². The van der Waals surface area contributed by atoms with Crippen molar-refractivity contribution >= 4 is 21.5 Å². The standard InChI is InChI=1S/C21H20F2N4O3S/c1-13(28)14-6-8-15(9-7-14)31(29,30)26-19-11-16(17(22)12-18(19)23)21-25-24-20-5-3-2-4-10-27(20)21/h6-9,11-12,26H,2-5,10H2,1H3. The summed E-state index contributed by atoms with van der Waals surface area (Å²) in [6.07, 6.45) is 3.57. The molecular formula is C21H20F2N4O3S. The zero-order valence-electron chi connectivity index (χ0n) is 16.7. The second-order valence-electron chi connectivity index (χ2n) is 7.40. The maximum atomic E-state index is 14.6. The predicted molar refractivity (Wildman–Crippen MR) is 110 cm³/mol. The van der Waals surface area contributed by atoms with Crippen molar-refractivity contribution in [1.82, 2.24) is 14.8 Å². The number of sulfonamides is 1. The first-order valence-corrected chi connectivity index (χ1v) is 11.3. The Morgan fingerprint density at radius 3 is 2.48 bits per heavy atom. The fourth-order valence-corrected chi connectivity index (χ4v) is 4.61. The number of carbonyl (C=O) groups excluding carboxylic acids is 1. The highest BCUT2D eigenvalue weighted by molar-refractivity contribution is 7.92. The van der Waals surface area contributed by atoms with E-state index in [-0.39, 0.29) is 22.1 Å². The third kappa shape index (κ3) is 4.20. The molecule has 0 spiro atoms. The monoisotopic (exact) mass is 446 g/mol. The van der Waals surface area contributed by atoms with Gasteiger partial charge in [0.2, 0.25) is 0 Å². The van der Waals surface area contributed by atoms with E-state index >= 15 is 0 Å². The van der Waals surface area contributed by atoms with Gasteiger partial charge in [0.1, 0.15) is 17.5 Å². The number of halogens is 2. The third-order valence-electron chi connectivity index (χ3n) is 5.22. The number of benzene rings is 2. The molecule has 0 fully saturated rings. The van der Waals surface area contributed by atoms with E-state index in [1.807, 2.05) is 0 Å². The van der Waals surface area contributed by atoms with E-state index in [1.54, 1.807) is 4.57 Å². The van der Waals surface area contributed by atoms with Crippen LogP contribution in [0.25, 0.3) is 11.4 Å². The number of nitrogens with one attached hydrogen (secondary N) is 1. The van der Waals surface area contributed by atoms with Crippen LogP contribution in [-0.2, 0) is 23.0 Å². The van der Waals surface area contributed by atoms with Crippen molar-refractivity contribution in [2.45, 2.75) is 44.0 Å². The van der Waals surface area contributed by atoms with Crippen molar-refractivity contribution in [2.75, 3.05) is 4.72 Å². The highest BCUT2D eigenvalue weighted by Gasteiger charge is 2.23. The van der Waals surface area contributed by atoms with Crippen LogP contribution in [0.4, 0.5) is 14.5 Å². The number of hydrogen-bond donors (Lipinski definition) is 1. The molecule has 1 aliphatic rings. The van der Waals surface area contributed by atoms with Crippen LogP contribution < -0.4 is 4.72 Å². The van der Waals surface area contributed by atoms with Crippen molar-refractivity contribution in [3.63, 3.8) is 0 Å². The molecule has 2 heterocycles. The summed E-state index contributed by atoms with van der Waals surface area (Å²) in [7, 11) is -4.17. The molecule has 0 bridgehead atoms. The zero-order chi connectivity index (χ0) is 22.2. The maximum Gasteiger partial charge on any atom is 0.261 e.